The smallest absolute Gasteiger partial charge is 0.107 e. The van der Waals surface area contributed by atoms with Crippen molar-refractivity contribution in [3.63, 3.8) is 0 Å². The van der Waals surface area contributed by atoms with Crippen molar-refractivity contribution < 1.29 is 0 Å². The van der Waals surface area contributed by atoms with Gasteiger partial charge < -0.3 is 16.0 Å². The Hall–Kier alpha value is -0.780. The lowest BCUT2D eigenvalue weighted by atomic mass is 9.93. The Morgan fingerprint density at radius 3 is 2.90 bits per heavy atom. The SMILES string of the molecule is CCSc1cccc(NC2CCN(C)CC2C)c1C(N)=S. The van der Waals surface area contributed by atoms with Crippen molar-refractivity contribution in [3.8, 4) is 0 Å². The molecule has 2 rings (SSSR count). The van der Waals surface area contributed by atoms with Crippen LogP contribution in [0.25, 0.3) is 0 Å². The van der Waals surface area contributed by atoms with Crippen LogP contribution in [0.4, 0.5) is 5.69 Å². The van der Waals surface area contributed by atoms with Crippen LogP contribution in [-0.2, 0) is 0 Å². The zero-order chi connectivity index (χ0) is 15.4. The number of rotatable bonds is 5. The lowest BCUT2D eigenvalue weighted by molar-refractivity contribution is 0.206. The molecule has 5 heteroatoms. The topological polar surface area (TPSA) is 41.3 Å². The van der Waals surface area contributed by atoms with E-state index in [9.17, 15) is 0 Å². The fourth-order valence-corrected chi connectivity index (χ4v) is 4.08. The number of piperidine rings is 1. The number of likely N-dealkylation sites (tertiary alicyclic amines) is 1. The molecule has 0 aromatic heterocycles. The van der Waals surface area contributed by atoms with Gasteiger partial charge in [-0.25, -0.2) is 0 Å². The molecule has 3 N–H and O–H groups in total. The van der Waals surface area contributed by atoms with Gasteiger partial charge in [0.25, 0.3) is 0 Å². The first-order valence-corrected chi connectivity index (χ1v) is 8.93. The molecule has 21 heavy (non-hydrogen) atoms. The third kappa shape index (κ3) is 4.11. The minimum absolute atomic E-state index is 0.481. The van der Waals surface area contributed by atoms with Crippen LogP contribution in [0.1, 0.15) is 25.8 Å². The Kier molecular flexibility index (Phi) is 5.90. The molecular weight excluding hydrogens is 298 g/mol. The summed E-state index contributed by atoms with van der Waals surface area (Å²) in [7, 11) is 2.19. The number of hydrogen-bond acceptors (Lipinski definition) is 4. The zero-order valence-corrected chi connectivity index (χ0v) is 14.7. The monoisotopic (exact) mass is 323 g/mol. The lowest BCUT2D eigenvalue weighted by Crippen LogP contribution is -2.43. The molecule has 1 aliphatic heterocycles. The van der Waals surface area contributed by atoms with E-state index in [2.05, 4.69) is 49.3 Å². The van der Waals surface area contributed by atoms with Gasteiger partial charge in [0.2, 0.25) is 0 Å². The average Bonchev–Trinajstić information content (AvgIpc) is 2.42. The second-order valence-electron chi connectivity index (χ2n) is 5.76. The van der Waals surface area contributed by atoms with E-state index in [0.717, 1.165) is 36.5 Å². The average molecular weight is 324 g/mol. The number of thioether (sulfide) groups is 1. The van der Waals surface area contributed by atoms with Crippen molar-refractivity contribution in [3.05, 3.63) is 23.8 Å². The molecule has 1 saturated heterocycles. The summed E-state index contributed by atoms with van der Waals surface area (Å²) >= 11 is 7.08. The van der Waals surface area contributed by atoms with E-state index in [-0.39, 0.29) is 0 Å². The van der Waals surface area contributed by atoms with Crippen LogP contribution in [0.15, 0.2) is 23.1 Å². The number of nitrogens with one attached hydrogen (secondary N) is 1. The predicted octanol–water partition coefficient (Wildman–Crippen LogP) is 3.18. The van der Waals surface area contributed by atoms with Gasteiger partial charge >= 0.3 is 0 Å². The minimum atomic E-state index is 0.481. The summed E-state index contributed by atoms with van der Waals surface area (Å²) in [5.41, 5.74) is 8.07. The Bertz CT molecular complexity index is 504. The molecule has 0 radical (unpaired) electrons. The van der Waals surface area contributed by atoms with Crippen molar-refractivity contribution in [2.24, 2.45) is 11.7 Å². The van der Waals surface area contributed by atoms with Crippen molar-refractivity contribution >= 4 is 34.7 Å². The van der Waals surface area contributed by atoms with Crippen molar-refractivity contribution in [1.29, 1.82) is 0 Å². The summed E-state index contributed by atoms with van der Waals surface area (Å²) in [6.07, 6.45) is 1.15. The van der Waals surface area contributed by atoms with E-state index < -0.39 is 0 Å². The van der Waals surface area contributed by atoms with Gasteiger partial charge in [0.05, 0.1) is 0 Å². The Morgan fingerprint density at radius 2 is 2.29 bits per heavy atom. The molecule has 0 spiro atoms. The summed E-state index contributed by atoms with van der Waals surface area (Å²) in [5, 5.41) is 3.69. The molecule has 1 aromatic carbocycles. The summed E-state index contributed by atoms with van der Waals surface area (Å²) in [6.45, 7) is 6.71. The first kappa shape index (κ1) is 16.6. The highest BCUT2D eigenvalue weighted by Crippen LogP contribution is 2.30. The molecule has 1 aliphatic rings. The molecule has 1 heterocycles. The quantitative estimate of drug-likeness (QED) is 0.643. The second kappa shape index (κ2) is 7.47. The van der Waals surface area contributed by atoms with E-state index in [1.807, 2.05) is 0 Å². The molecule has 1 aromatic rings. The van der Waals surface area contributed by atoms with E-state index in [0.29, 0.717) is 16.9 Å². The van der Waals surface area contributed by atoms with Crippen LogP contribution < -0.4 is 11.1 Å². The van der Waals surface area contributed by atoms with Crippen LogP contribution >= 0.6 is 24.0 Å². The third-order valence-corrected chi connectivity index (χ3v) is 5.17. The minimum Gasteiger partial charge on any atom is -0.389 e. The summed E-state index contributed by atoms with van der Waals surface area (Å²) in [5.74, 6) is 1.63. The van der Waals surface area contributed by atoms with Gasteiger partial charge in [0.1, 0.15) is 4.99 Å². The number of hydrogen-bond donors (Lipinski definition) is 2. The maximum Gasteiger partial charge on any atom is 0.107 e. The molecular formula is C16H25N3S2. The molecule has 116 valence electrons. The molecule has 0 saturated carbocycles. The fraction of sp³-hybridized carbons (Fsp3) is 0.562. The van der Waals surface area contributed by atoms with Gasteiger partial charge in [-0.05, 0) is 43.8 Å². The van der Waals surface area contributed by atoms with Gasteiger partial charge in [-0.15, -0.1) is 11.8 Å². The maximum absolute atomic E-state index is 5.98. The summed E-state index contributed by atoms with van der Waals surface area (Å²) < 4.78 is 0. The number of nitrogens with zero attached hydrogens (tertiary/aromatic N) is 1. The molecule has 0 bridgehead atoms. The number of benzene rings is 1. The fourth-order valence-electron chi connectivity index (χ4n) is 2.95. The molecule has 3 nitrogen and oxygen atoms in total. The molecule has 2 atom stereocenters. The van der Waals surface area contributed by atoms with Crippen molar-refractivity contribution in [1.82, 2.24) is 4.90 Å². The molecule has 2 unspecified atom stereocenters. The van der Waals surface area contributed by atoms with Crippen LogP contribution in [0, 0.1) is 5.92 Å². The van der Waals surface area contributed by atoms with Gasteiger partial charge in [-0.3, -0.25) is 0 Å². The number of nitrogens with two attached hydrogens (primary N) is 1. The molecule has 0 aliphatic carbocycles. The second-order valence-corrected chi connectivity index (χ2v) is 7.50. The van der Waals surface area contributed by atoms with Crippen LogP contribution in [0.5, 0.6) is 0 Å². The Labute approximate surface area is 137 Å². The summed E-state index contributed by atoms with van der Waals surface area (Å²) in [4.78, 5) is 4.05. The highest BCUT2D eigenvalue weighted by atomic mass is 32.2. The predicted molar refractivity (Wildman–Crippen MR) is 97.4 cm³/mol. The van der Waals surface area contributed by atoms with E-state index in [1.165, 1.54) is 4.90 Å². The van der Waals surface area contributed by atoms with Crippen LogP contribution in [0.2, 0.25) is 0 Å². The highest BCUT2D eigenvalue weighted by Gasteiger charge is 2.25. The van der Waals surface area contributed by atoms with Gasteiger partial charge in [0, 0.05) is 28.7 Å². The first-order chi connectivity index (χ1) is 10.0. The van der Waals surface area contributed by atoms with Gasteiger partial charge in [-0.1, -0.05) is 32.1 Å². The lowest BCUT2D eigenvalue weighted by Gasteiger charge is -2.36. The first-order valence-electron chi connectivity index (χ1n) is 7.53. The van der Waals surface area contributed by atoms with Gasteiger partial charge in [0.15, 0.2) is 0 Å². The van der Waals surface area contributed by atoms with E-state index in [4.69, 9.17) is 18.0 Å². The van der Waals surface area contributed by atoms with Crippen LogP contribution in [0.3, 0.4) is 0 Å². The Morgan fingerprint density at radius 1 is 1.52 bits per heavy atom. The van der Waals surface area contributed by atoms with Gasteiger partial charge in [-0.2, -0.15) is 0 Å². The normalized spacial score (nSPS) is 23.0. The number of thiocarbonyl (C=S) groups is 1. The van der Waals surface area contributed by atoms with Crippen molar-refractivity contribution in [2.75, 3.05) is 31.2 Å². The maximum atomic E-state index is 5.98. The van der Waals surface area contributed by atoms with Crippen LogP contribution in [-0.4, -0.2) is 41.8 Å². The number of anilines is 1. The van der Waals surface area contributed by atoms with Crippen molar-refractivity contribution in [2.45, 2.75) is 31.2 Å². The summed E-state index contributed by atoms with van der Waals surface area (Å²) in [6, 6.07) is 6.77. The molecule has 0 amide bonds. The third-order valence-electron chi connectivity index (χ3n) is 4.02. The largest absolute Gasteiger partial charge is 0.389 e. The van der Waals surface area contributed by atoms with E-state index in [1.54, 1.807) is 11.8 Å². The molecule has 1 fully saturated rings. The highest BCUT2D eigenvalue weighted by molar-refractivity contribution is 7.99. The standard InChI is InChI=1S/C16H25N3S2/c1-4-21-14-7-5-6-13(15(14)16(17)20)18-12-8-9-19(3)10-11(12)2/h5-7,11-12,18H,4,8-10H2,1-3H3,(H2,17,20). The van der Waals surface area contributed by atoms with E-state index >= 15 is 0 Å². The zero-order valence-electron chi connectivity index (χ0n) is 13.1. The Balaban J connectivity index is 2.23.